The summed E-state index contributed by atoms with van der Waals surface area (Å²) in [4.78, 5) is 25.0. The molecule has 1 aromatic rings. The van der Waals surface area contributed by atoms with E-state index in [9.17, 15) is 9.59 Å². The van der Waals surface area contributed by atoms with Crippen molar-refractivity contribution in [2.45, 2.75) is 18.6 Å². The molecule has 0 saturated carbocycles. The molecule has 3 rings (SSSR count). The Kier molecular flexibility index (Phi) is 3.79. The van der Waals surface area contributed by atoms with E-state index >= 15 is 0 Å². The van der Waals surface area contributed by atoms with Crippen molar-refractivity contribution in [3.8, 4) is 0 Å². The van der Waals surface area contributed by atoms with E-state index in [2.05, 4.69) is 22.8 Å². The highest BCUT2D eigenvalue weighted by molar-refractivity contribution is 5.90. The summed E-state index contributed by atoms with van der Waals surface area (Å²) in [7, 11) is 1.74. The highest BCUT2D eigenvalue weighted by atomic mass is 16.5. The summed E-state index contributed by atoms with van der Waals surface area (Å²) >= 11 is 0. The molecule has 112 valence electrons. The van der Waals surface area contributed by atoms with Crippen LogP contribution in [0.25, 0.3) is 0 Å². The van der Waals surface area contributed by atoms with Crippen LogP contribution < -0.4 is 10.6 Å². The van der Waals surface area contributed by atoms with Gasteiger partial charge in [-0.1, -0.05) is 24.3 Å². The van der Waals surface area contributed by atoms with Gasteiger partial charge in [0.25, 0.3) is 0 Å². The fourth-order valence-corrected chi connectivity index (χ4v) is 2.84. The number of nitrogens with zero attached hydrogens (tertiary/aromatic N) is 1. The van der Waals surface area contributed by atoms with Crippen LogP contribution in [0.4, 0.5) is 4.79 Å². The molecule has 3 amide bonds. The lowest BCUT2D eigenvalue weighted by Crippen LogP contribution is -2.45. The number of fused-ring (bicyclic) bond motifs is 1. The summed E-state index contributed by atoms with van der Waals surface area (Å²) < 4.78 is 5.81. The van der Waals surface area contributed by atoms with Gasteiger partial charge in [-0.2, -0.15) is 0 Å². The molecule has 1 saturated heterocycles. The number of carbonyl (C=O) groups is 2. The smallest absolute Gasteiger partial charge is 0.315 e. The van der Waals surface area contributed by atoms with E-state index < -0.39 is 6.04 Å². The van der Waals surface area contributed by atoms with E-state index in [1.807, 2.05) is 12.1 Å². The molecule has 0 bridgehead atoms. The van der Waals surface area contributed by atoms with Gasteiger partial charge in [0.1, 0.15) is 12.1 Å². The van der Waals surface area contributed by atoms with Crippen LogP contribution in [0.5, 0.6) is 0 Å². The molecule has 0 aromatic heterocycles. The van der Waals surface area contributed by atoms with Crippen molar-refractivity contribution in [2.24, 2.45) is 0 Å². The van der Waals surface area contributed by atoms with Crippen molar-refractivity contribution in [1.29, 1.82) is 0 Å². The van der Waals surface area contributed by atoms with E-state index in [0.717, 1.165) is 12.0 Å². The third-order valence-electron chi connectivity index (χ3n) is 3.98. The Balaban J connectivity index is 1.67. The molecule has 1 fully saturated rings. The molecule has 2 N–H and O–H groups in total. The molecule has 0 aliphatic carbocycles. The zero-order chi connectivity index (χ0) is 14.8. The van der Waals surface area contributed by atoms with Crippen LogP contribution in [-0.4, -0.2) is 49.6 Å². The fourth-order valence-electron chi connectivity index (χ4n) is 2.84. The van der Waals surface area contributed by atoms with Gasteiger partial charge in [0.05, 0.1) is 13.2 Å². The summed E-state index contributed by atoms with van der Waals surface area (Å²) in [6.07, 6.45) is 0.807. The van der Waals surface area contributed by atoms with E-state index in [4.69, 9.17) is 4.74 Å². The molecular weight excluding hydrogens is 270 g/mol. The summed E-state index contributed by atoms with van der Waals surface area (Å²) in [5.41, 5.74) is 2.43. The van der Waals surface area contributed by atoms with E-state index in [1.165, 1.54) is 5.56 Å². The summed E-state index contributed by atoms with van der Waals surface area (Å²) in [6, 6.07) is 7.39. The average molecular weight is 289 g/mol. The molecule has 2 atom stereocenters. The molecule has 6 heteroatoms. The number of hydrogen-bond donors (Lipinski definition) is 2. The molecule has 2 unspecified atom stereocenters. The Morgan fingerprint density at radius 1 is 1.43 bits per heavy atom. The van der Waals surface area contributed by atoms with Crippen molar-refractivity contribution < 1.29 is 14.3 Å². The first-order chi connectivity index (χ1) is 10.1. The van der Waals surface area contributed by atoms with Crippen LogP contribution in [0.2, 0.25) is 0 Å². The second-order valence-electron chi connectivity index (χ2n) is 5.43. The summed E-state index contributed by atoms with van der Waals surface area (Å²) in [5.74, 6) is -0.0972. The van der Waals surface area contributed by atoms with Gasteiger partial charge in [0.15, 0.2) is 0 Å². The number of nitrogens with one attached hydrogen (secondary N) is 2. The zero-order valence-electron chi connectivity index (χ0n) is 12.0. The third-order valence-corrected chi connectivity index (χ3v) is 3.98. The van der Waals surface area contributed by atoms with E-state index in [1.54, 1.807) is 11.9 Å². The van der Waals surface area contributed by atoms with Crippen molar-refractivity contribution in [1.82, 2.24) is 15.5 Å². The second kappa shape index (κ2) is 5.73. The molecule has 2 heterocycles. The summed E-state index contributed by atoms with van der Waals surface area (Å²) in [5, 5.41) is 5.20. The largest absolute Gasteiger partial charge is 0.371 e. The number of urea groups is 1. The van der Waals surface area contributed by atoms with Crippen molar-refractivity contribution in [3.63, 3.8) is 0 Å². The second-order valence-corrected chi connectivity index (χ2v) is 5.43. The maximum Gasteiger partial charge on any atom is 0.315 e. The van der Waals surface area contributed by atoms with Gasteiger partial charge in [-0.05, 0) is 17.5 Å². The fraction of sp³-hybridized carbons (Fsp3) is 0.467. The minimum atomic E-state index is -0.485. The molecule has 0 spiro atoms. The molecule has 2 aliphatic heterocycles. The number of rotatable bonds is 3. The number of likely N-dealkylation sites (N-methyl/N-ethyl adjacent to an activating group) is 1. The quantitative estimate of drug-likeness (QED) is 0.848. The Morgan fingerprint density at radius 2 is 2.24 bits per heavy atom. The van der Waals surface area contributed by atoms with E-state index in [-0.39, 0.29) is 18.0 Å². The molecule has 2 aliphatic rings. The maximum atomic E-state index is 12.3. The van der Waals surface area contributed by atoms with Crippen molar-refractivity contribution in [3.05, 3.63) is 35.4 Å². The van der Waals surface area contributed by atoms with Gasteiger partial charge >= 0.3 is 6.03 Å². The topological polar surface area (TPSA) is 70.7 Å². The standard InChI is InChI=1S/C15H19N3O3/c1-18(14(19)12-8-16-15(20)17-12)9-13-11-5-3-2-4-10(11)6-7-21-13/h2-5,12-13H,6-9H2,1H3,(H2,16,17,20). The molecule has 21 heavy (non-hydrogen) atoms. The average Bonchev–Trinajstić information content (AvgIpc) is 2.93. The molecule has 1 aromatic carbocycles. The van der Waals surface area contributed by atoms with E-state index in [0.29, 0.717) is 19.7 Å². The highest BCUT2D eigenvalue weighted by Gasteiger charge is 2.31. The Hall–Kier alpha value is -2.08. The Labute approximate surface area is 123 Å². The minimum absolute atomic E-state index is 0.0972. The Morgan fingerprint density at radius 3 is 3.00 bits per heavy atom. The summed E-state index contributed by atoms with van der Waals surface area (Å²) in [6.45, 7) is 1.50. The number of carbonyl (C=O) groups excluding carboxylic acids is 2. The monoisotopic (exact) mass is 289 g/mol. The van der Waals surface area contributed by atoms with Crippen LogP contribution in [0.3, 0.4) is 0 Å². The lowest BCUT2D eigenvalue weighted by atomic mass is 9.97. The first-order valence-corrected chi connectivity index (χ1v) is 7.14. The number of amides is 3. The lowest BCUT2D eigenvalue weighted by molar-refractivity contribution is -0.133. The number of benzene rings is 1. The van der Waals surface area contributed by atoms with Gasteiger partial charge in [-0.15, -0.1) is 0 Å². The maximum absolute atomic E-state index is 12.3. The molecule has 6 nitrogen and oxygen atoms in total. The van der Waals surface area contributed by atoms with Gasteiger partial charge in [0, 0.05) is 13.6 Å². The minimum Gasteiger partial charge on any atom is -0.371 e. The van der Waals surface area contributed by atoms with Crippen molar-refractivity contribution >= 4 is 11.9 Å². The van der Waals surface area contributed by atoms with Gasteiger partial charge in [-0.3, -0.25) is 4.79 Å². The first-order valence-electron chi connectivity index (χ1n) is 7.14. The van der Waals surface area contributed by atoms with Crippen LogP contribution in [0.15, 0.2) is 24.3 Å². The van der Waals surface area contributed by atoms with Crippen LogP contribution in [-0.2, 0) is 16.0 Å². The number of hydrogen-bond acceptors (Lipinski definition) is 3. The predicted molar refractivity (Wildman–Crippen MR) is 76.8 cm³/mol. The van der Waals surface area contributed by atoms with Crippen LogP contribution in [0.1, 0.15) is 17.2 Å². The van der Waals surface area contributed by atoms with Gasteiger partial charge < -0.3 is 20.3 Å². The first kappa shape index (κ1) is 13.9. The Bertz CT molecular complexity index is 561. The number of ether oxygens (including phenoxy) is 1. The normalized spacial score (nSPS) is 24.0. The molecule has 0 radical (unpaired) electrons. The highest BCUT2D eigenvalue weighted by Crippen LogP contribution is 2.27. The SMILES string of the molecule is CN(CC1OCCc2ccccc21)C(=O)C1CNC(=O)N1. The zero-order valence-corrected chi connectivity index (χ0v) is 12.0. The van der Waals surface area contributed by atoms with Crippen LogP contribution >= 0.6 is 0 Å². The van der Waals surface area contributed by atoms with Gasteiger partial charge in [-0.25, -0.2) is 4.79 Å². The predicted octanol–water partition coefficient (Wildman–Crippen LogP) is 0.440. The van der Waals surface area contributed by atoms with Gasteiger partial charge in [0.2, 0.25) is 5.91 Å². The molecular formula is C15H19N3O3. The lowest BCUT2D eigenvalue weighted by Gasteiger charge is -2.30. The van der Waals surface area contributed by atoms with Crippen LogP contribution in [0, 0.1) is 0 Å². The van der Waals surface area contributed by atoms with Crippen molar-refractivity contribution in [2.75, 3.05) is 26.7 Å². The third kappa shape index (κ3) is 2.85.